The number of aromatic nitrogens is 1. The van der Waals surface area contributed by atoms with Crippen molar-refractivity contribution in [2.24, 2.45) is 0 Å². The fraction of sp³-hybridized carbons (Fsp3) is 0.100. The van der Waals surface area contributed by atoms with E-state index in [9.17, 15) is 4.79 Å². The maximum absolute atomic E-state index is 12.5. The van der Waals surface area contributed by atoms with Crippen LogP contribution >= 0.6 is 0 Å². The van der Waals surface area contributed by atoms with Gasteiger partial charge in [0.2, 0.25) is 0 Å². The average Bonchev–Trinajstić information content (AvgIpc) is 2.62. The second-order valence-corrected chi connectivity index (χ2v) is 5.64. The Morgan fingerprint density at radius 2 is 1.76 bits per heavy atom. The summed E-state index contributed by atoms with van der Waals surface area (Å²) in [7, 11) is 1.59. The van der Waals surface area contributed by atoms with Gasteiger partial charge in [0.1, 0.15) is 5.75 Å². The largest absolute Gasteiger partial charge is 0.497 e. The standard InChI is InChI=1S/C20H19N3O2/c1-14-5-3-6-16(9-14)22-18-10-15(12-21-13-18)20(24)23-17-7-4-8-19(11-17)25-2/h3-13,22H,1-2H3,(H,23,24). The summed E-state index contributed by atoms with van der Waals surface area (Å²) in [5.41, 5.74) is 4.00. The molecule has 0 bridgehead atoms. The van der Waals surface area contributed by atoms with Gasteiger partial charge in [0.25, 0.3) is 5.91 Å². The first-order valence-electron chi connectivity index (χ1n) is 7.88. The van der Waals surface area contributed by atoms with Crippen molar-refractivity contribution in [3.63, 3.8) is 0 Å². The van der Waals surface area contributed by atoms with Gasteiger partial charge in [0.05, 0.1) is 24.6 Å². The lowest BCUT2D eigenvalue weighted by molar-refractivity contribution is 0.102. The molecule has 0 aliphatic heterocycles. The number of hydrogen-bond donors (Lipinski definition) is 2. The second-order valence-electron chi connectivity index (χ2n) is 5.64. The SMILES string of the molecule is COc1cccc(NC(=O)c2cncc(Nc3cccc(C)c3)c2)c1. The van der Waals surface area contributed by atoms with Crippen LogP contribution in [0.4, 0.5) is 17.1 Å². The quantitative estimate of drug-likeness (QED) is 0.727. The third-order valence-corrected chi connectivity index (χ3v) is 3.63. The van der Waals surface area contributed by atoms with Crippen molar-refractivity contribution in [3.05, 3.63) is 78.1 Å². The number of benzene rings is 2. The van der Waals surface area contributed by atoms with Gasteiger partial charge in [0, 0.05) is 23.6 Å². The number of nitrogens with zero attached hydrogens (tertiary/aromatic N) is 1. The Balaban J connectivity index is 1.75. The number of pyridine rings is 1. The molecule has 0 fully saturated rings. The van der Waals surface area contributed by atoms with Crippen LogP contribution in [0.3, 0.4) is 0 Å². The smallest absolute Gasteiger partial charge is 0.257 e. The molecule has 1 amide bonds. The molecule has 0 unspecified atom stereocenters. The molecule has 0 saturated carbocycles. The zero-order valence-electron chi connectivity index (χ0n) is 14.1. The predicted molar refractivity (Wildman–Crippen MR) is 99.6 cm³/mol. The predicted octanol–water partition coefficient (Wildman–Crippen LogP) is 4.39. The molecular formula is C20H19N3O2. The van der Waals surface area contributed by atoms with Crippen molar-refractivity contribution < 1.29 is 9.53 Å². The molecule has 5 heteroatoms. The number of carbonyl (C=O) groups excluding carboxylic acids is 1. The Bertz CT molecular complexity index is 893. The summed E-state index contributed by atoms with van der Waals surface area (Å²) in [6.45, 7) is 2.03. The highest BCUT2D eigenvalue weighted by atomic mass is 16.5. The Labute approximate surface area is 146 Å². The molecule has 3 aromatic rings. The lowest BCUT2D eigenvalue weighted by atomic mass is 10.2. The van der Waals surface area contributed by atoms with Crippen molar-refractivity contribution >= 4 is 23.0 Å². The zero-order chi connectivity index (χ0) is 17.6. The van der Waals surface area contributed by atoms with E-state index in [1.165, 1.54) is 6.20 Å². The summed E-state index contributed by atoms with van der Waals surface area (Å²) >= 11 is 0. The van der Waals surface area contributed by atoms with Gasteiger partial charge in [0.15, 0.2) is 0 Å². The van der Waals surface area contributed by atoms with Gasteiger partial charge < -0.3 is 15.4 Å². The zero-order valence-corrected chi connectivity index (χ0v) is 14.1. The number of anilines is 3. The molecular weight excluding hydrogens is 314 g/mol. The monoisotopic (exact) mass is 333 g/mol. The first-order valence-corrected chi connectivity index (χ1v) is 7.88. The van der Waals surface area contributed by atoms with Gasteiger partial charge in [-0.3, -0.25) is 9.78 Å². The van der Waals surface area contributed by atoms with Gasteiger partial charge in [-0.05, 0) is 42.8 Å². The number of rotatable bonds is 5. The summed E-state index contributed by atoms with van der Waals surface area (Å²) in [4.78, 5) is 16.6. The van der Waals surface area contributed by atoms with Crippen molar-refractivity contribution in [3.8, 4) is 5.75 Å². The lowest BCUT2D eigenvalue weighted by Crippen LogP contribution is -2.12. The summed E-state index contributed by atoms with van der Waals surface area (Å²) in [6.07, 6.45) is 3.22. The minimum atomic E-state index is -0.228. The molecule has 0 saturated heterocycles. The number of nitrogens with one attached hydrogen (secondary N) is 2. The first kappa shape index (κ1) is 16.5. The van der Waals surface area contributed by atoms with Crippen LogP contribution in [0.1, 0.15) is 15.9 Å². The number of carbonyl (C=O) groups is 1. The van der Waals surface area contributed by atoms with E-state index in [1.807, 2.05) is 49.4 Å². The third-order valence-electron chi connectivity index (χ3n) is 3.63. The second kappa shape index (κ2) is 7.49. The summed E-state index contributed by atoms with van der Waals surface area (Å²) in [5, 5.41) is 6.11. The normalized spacial score (nSPS) is 10.2. The highest BCUT2D eigenvalue weighted by Gasteiger charge is 2.08. The van der Waals surface area contributed by atoms with Crippen molar-refractivity contribution in [2.45, 2.75) is 6.92 Å². The number of amides is 1. The average molecular weight is 333 g/mol. The topological polar surface area (TPSA) is 63.2 Å². The van der Waals surface area contributed by atoms with Crippen molar-refractivity contribution in [1.82, 2.24) is 4.98 Å². The van der Waals surface area contributed by atoms with Gasteiger partial charge in [-0.2, -0.15) is 0 Å². The lowest BCUT2D eigenvalue weighted by Gasteiger charge is -2.10. The molecule has 0 atom stereocenters. The maximum atomic E-state index is 12.5. The van der Waals surface area contributed by atoms with E-state index in [0.29, 0.717) is 17.0 Å². The van der Waals surface area contributed by atoms with Crippen LogP contribution in [0.25, 0.3) is 0 Å². The minimum Gasteiger partial charge on any atom is -0.497 e. The van der Waals surface area contributed by atoms with Crippen LogP contribution in [-0.2, 0) is 0 Å². The third kappa shape index (κ3) is 4.35. The molecule has 2 N–H and O–H groups in total. The molecule has 3 rings (SSSR count). The van der Waals surface area contributed by atoms with E-state index >= 15 is 0 Å². The Morgan fingerprint density at radius 1 is 0.960 bits per heavy atom. The number of methoxy groups -OCH3 is 1. The molecule has 0 aliphatic rings. The van der Waals surface area contributed by atoms with Gasteiger partial charge in [-0.15, -0.1) is 0 Å². The van der Waals surface area contributed by atoms with E-state index in [1.54, 1.807) is 25.4 Å². The van der Waals surface area contributed by atoms with Gasteiger partial charge in [-0.1, -0.05) is 18.2 Å². The maximum Gasteiger partial charge on any atom is 0.257 e. The summed E-state index contributed by atoms with van der Waals surface area (Å²) < 4.78 is 5.16. The highest BCUT2D eigenvalue weighted by molar-refractivity contribution is 6.04. The van der Waals surface area contributed by atoms with E-state index in [-0.39, 0.29) is 5.91 Å². The van der Waals surface area contributed by atoms with E-state index < -0.39 is 0 Å². The fourth-order valence-electron chi connectivity index (χ4n) is 2.43. The Hall–Kier alpha value is -3.34. The molecule has 1 heterocycles. The molecule has 25 heavy (non-hydrogen) atoms. The number of hydrogen-bond acceptors (Lipinski definition) is 4. The van der Waals surface area contributed by atoms with Crippen LogP contribution in [0.15, 0.2) is 67.0 Å². The summed E-state index contributed by atoms with van der Waals surface area (Å²) in [5.74, 6) is 0.458. The van der Waals surface area contributed by atoms with E-state index in [2.05, 4.69) is 15.6 Å². The molecule has 0 aliphatic carbocycles. The fourth-order valence-corrected chi connectivity index (χ4v) is 2.43. The van der Waals surface area contributed by atoms with E-state index in [4.69, 9.17) is 4.74 Å². The Morgan fingerprint density at radius 3 is 2.56 bits per heavy atom. The van der Waals surface area contributed by atoms with Crippen molar-refractivity contribution in [2.75, 3.05) is 17.7 Å². The van der Waals surface area contributed by atoms with E-state index in [0.717, 1.165) is 16.9 Å². The van der Waals surface area contributed by atoms with Crippen LogP contribution < -0.4 is 15.4 Å². The van der Waals surface area contributed by atoms with Gasteiger partial charge >= 0.3 is 0 Å². The molecule has 1 aromatic heterocycles. The molecule has 0 radical (unpaired) electrons. The molecule has 2 aromatic carbocycles. The highest BCUT2D eigenvalue weighted by Crippen LogP contribution is 2.20. The van der Waals surface area contributed by atoms with Crippen molar-refractivity contribution in [1.29, 1.82) is 0 Å². The van der Waals surface area contributed by atoms with Gasteiger partial charge in [-0.25, -0.2) is 0 Å². The summed E-state index contributed by atoms with van der Waals surface area (Å²) in [6, 6.07) is 17.0. The Kier molecular flexibility index (Phi) is 4.95. The molecule has 126 valence electrons. The molecule has 0 spiro atoms. The first-order chi connectivity index (χ1) is 12.1. The van der Waals surface area contributed by atoms with Crippen LogP contribution in [0.5, 0.6) is 5.75 Å². The van der Waals surface area contributed by atoms with Crippen LogP contribution in [0.2, 0.25) is 0 Å². The van der Waals surface area contributed by atoms with Crippen LogP contribution in [-0.4, -0.2) is 18.0 Å². The molecule has 5 nitrogen and oxygen atoms in total. The number of aryl methyl sites for hydroxylation is 1. The number of ether oxygens (including phenoxy) is 1. The van der Waals surface area contributed by atoms with Crippen LogP contribution in [0, 0.1) is 6.92 Å². The minimum absolute atomic E-state index is 0.228.